The third-order valence-electron chi connectivity index (χ3n) is 14.3. The van der Waals surface area contributed by atoms with E-state index >= 15 is 0 Å². The Kier molecular flexibility index (Phi) is 27.4. The molecule has 24 heteroatoms. The molecule has 462 valence electrons. The Morgan fingerprint density at radius 1 is 0.477 bits per heavy atom. The number of fused-ring (bicyclic) bond motifs is 2. The highest BCUT2D eigenvalue weighted by atomic mass is 35.5. The van der Waals surface area contributed by atoms with Gasteiger partial charge < -0.3 is 70.1 Å². The summed E-state index contributed by atoms with van der Waals surface area (Å²) in [7, 11) is 4.21. The third kappa shape index (κ3) is 21.4. The second kappa shape index (κ2) is 35.7. The number of urea groups is 2. The van der Waals surface area contributed by atoms with Crippen LogP contribution in [-0.2, 0) is 41.5 Å². The zero-order valence-corrected chi connectivity index (χ0v) is 51.8. The number of carbonyl (C=O) groups excluding carboxylic acids is 2. The lowest BCUT2D eigenvalue weighted by atomic mass is 9.84. The van der Waals surface area contributed by atoms with Crippen LogP contribution in [0.15, 0.2) is 97.3 Å². The van der Waals surface area contributed by atoms with Crippen molar-refractivity contribution >= 4 is 69.8 Å². The number of ether oxygens (including phenoxy) is 6. The molecule has 4 aromatic carbocycles. The monoisotopic (exact) mass is 1260 g/mol. The van der Waals surface area contributed by atoms with Crippen molar-refractivity contribution in [3.8, 4) is 22.5 Å². The predicted octanol–water partition coefficient (Wildman–Crippen LogP) is 9.37. The van der Waals surface area contributed by atoms with Gasteiger partial charge in [0, 0.05) is 109 Å². The Labute approximate surface area is 524 Å². The highest BCUT2D eigenvalue weighted by Gasteiger charge is 2.29. The summed E-state index contributed by atoms with van der Waals surface area (Å²) in [6.07, 6.45) is 4.81. The van der Waals surface area contributed by atoms with Gasteiger partial charge in [0.1, 0.15) is 0 Å². The van der Waals surface area contributed by atoms with Crippen LogP contribution < -0.4 is 31.9 Å². The number of nitrogens with zero attached hydrogens (tertiary/aromatic N) is 6. The first kappa shape index (κ1) is 66.0. The van der Waals surface area contributed by atoms with E-state index in [1.54, 1.807) is 12.4 Å². The molecule has 0 aliphatic carbocycles. The normalized spacial score (nSPS) is 15.0. The van der Waals surface area contributed by atoms with Crippen molar-refractivity contribution in [2.24, 2.45) is 0 Å². The van der Waals surface area contributed by atoms with Crippen LogP contribution in [0.1, 0.15) is 58.1 Å². The number of amides is 4. The van der Waals surface area contributed by atoms with Crippen LogP contribution in [0, 0.1) is 0 Å². The van der Waals surface area contributed by atoms with Crippen molar-refractivity contribution in [3.63, 3.8) is 0 Å². The lowest BCUT2D eigenvalue weighted by molar-refractivity contribution is 0.0172. The molecule has 4 heterocycles. The first-order valence-electron chi connectivity index (χ1n) is 29.1. The van der Waals surface area contributed by atoms with Gasteiger partial charge in [-0.3, -0.25) is 0 Å². The number of anilines is 2. The minimum absolute atomic E-state index is 0.123. The maximum absolute atomic E-state index is 12.1. The van der Waals surface area contributed by atoms with Crippen LogP contribution in [0.5, 0.6) is 0 Å². The molecule has 0 fully saturated rings. The van der Waals surface area contributed by atoms with Gasteiger partial charge in [-0.25, -0.2) is 9.59 Å². The molecule has 20 nitrogen and oxygen atoms in total. The molecule has 2 atom stereocenters. The number of carbonyl (C=O) groups is 2. The standard InChI is InChI=1S/C62H78Cl4N12O8/c1-77-39-53(51-31-47(63)33-57(65)55(51)41-77)43-7-5-9-45(29-43)59-35-49(37-73-75-59)67-13-17-81-21-25-85-27-23-83-19-15-71-61(79)69-11-3-4-12-70-62(80)72-16-20-84-24-28-86-26-22-82-18-14-68-50-36-60(76-74-38-50)46-10-6-8-44(30-46)54-40-78(2)42-56-52(54)32-48(64)34-58(56)66/h5-10,29-38,53-54H,3-4,11-28,39-42H2,1-2H3,(H,67,75)(H,68,76)(H2,69,71,79)(H2,70,72,80)/t53-,54-/m0/s1. The molecule has 6 aromatic rings. The maximum Gasteiger partial charge on any atom is 0.314 e. The summed E-state index contributed by atoms with van der Waals surface area (Å²) < 4.78 is 33.8. The van der Waals surface area contributed by atoms with Gasteiger partial charge >= 0.3 is 12.1 Å². The molecule has 6 N–H and O–H groups in total. The molecular formula is C62H78Cl4N12O8. The van der Waals surface area contributed by atoms with Crippen LogP contribution in [0.4, 0.5) is 21.0 Å². The van der Waals surface area contributed by atoms with Crippen LogP contribution >= 0.6 is 46.4 Å². The van der Waals surface area contributed by atoms with E-state index in [2.05, 4.69) is 113 Å². The van der Waals surface area contributed by atoms with Gasteiger partial charge in [-0.15, -0.1) is 0 Å². The van der Waals surface area contributed by atoms with E-state index in [-0.39, 0.29) is 23.9 Å². The first-order valence-corrected chi connectivity index (χ1v) is 30.6. The number of aromatic nitrogens is 4. The highest BCUT2D eigenvalue weighted by molar-refractivity contribution is 6.35. The Morgan fingerprint density at radius 2 is 0.849 bits per heavy atom. The Morgan fingerprint density at radius 3 is 1.26 bits per heavy atom. The molecule has 0 saturated heterocycles. The number of likely N-dealkylation sites (N-methyl/N-ethyl adjacent to an activating group) is 2. The van der Waals surface area contributed by atoms with Gasteiger partial charge in [0.15, 0.2) is 0 Å². The smallest absolute Gasteiger partial charge is 0.314 e. The molecule has 86 heavy (non-hydrogen) atoms. The third-order valence-corrected chi connectivity index (χ3v) is 15.5. The fourth-order valence-electron chi connectivity index (χ4n) is 10.2. The molecule has 2 aliphatic rings. The number of halogens is 4. The number of hydrogen-bond donors (Lipinski definition) is 6. The van der Waals surface area contributed by atoms with E-state index < -0.39 is 0 Å². The topological polar surface area (TPSA) is 220 Å². The zero-order valence-electron chi connectivity index (χ0n) is 48.8. The number of benzene rings is 4. The van der Waals surface area contributed by atoms with Gasteiger partial charge in [-0.1, -0.05) is 82.8 Å². The molecule has 8 rings (SSSR count). The number of hydrogen-bond acceptors (Lipinski definition) is 16. The molecule has 0 unspecified atom stereocenters. The van der Waals surface area contributed by atoms with Gasteiger partial charge in [0.2, 0.25) is 0 Å². The average Bonchev–Trinajstić information content (AvgIpc) is 3.14. The van der Waals surface area contributed by atoms with E-state index in [9.17, 15) is 9.59 Å². The van der Waals surface area contributed by atoms with Gasteiger partial charge in [0.25, 0.3) is 0 Å². The van der Waals surface area contributed by atoms with Crippen molar-refractivity contribution < 1.29 is 38.0 Å². The van der Waals surface area contributed by atoms with Crippen molar-refractivity contribution in [1.29, 1.82) is 0 Å². The molecule has 2 aromatic heterocycles. The summed E-state index contributed by atoms with van der Waals surface area (Å²) in [6, 6.07) is 27.9. The van der Waals surface area contributed by atoms with Gasteiger partial charge in [-0.05, 0) is 109 Å². The van der Waals surface area contributed by atoms with Crippen LogP contribution in [0.2, 0.25) is 20.1 Å². The van der Waals surface area contributed by atoms with Crippen LogP contribution in [-0.4, -0.2) is 188 Å². The van der Waals surface area contributed by atoms with Gasteiger partial charge in [0.05, 0.1) is 114 Å². The van der Waals surface area contributed by atoms with Crippen molar-refractivity contribution in [2.45, 2.75) is 37.8 Å². The summed E-state index contributed by atoms with van der Waals surface area (Å²) in [4.78, 5) is 28.8. The minimum atomic E-state index is -0.273. The fourth-order valence-corrected chi connectivity index (χ4v) is 11.3. The Balaban J connectivity index is 0.548. The number of rotatable bonds is 35. The average molecular weight is 1260 g/mol. The van der Waals surface area contributed by atoms with E-state index in [1.807, 2.05) is 48.5 Å². The summed E-state index contributed by atoms with van der Waals surface area (Å²) in [5, 5.41) is 37.9. The molecule has 0 saturated carbocycles. The van der Waals surface area contributed by atoms with E-state index in [1.165, 1.54) is 0 Å². The highest BCUT2D eigenvalue weighted by Crippen LogP contribution is 2.41. The molecule has 2 aliphatic heterocycles. The van der Waals surface area contributed by atoms with E-state index in [0.29, 0.717) is 151 Å². The SMILES string of the molecule is CN1Cc2c(Cl)cc(Cl)cc2[C@H](c2cccc(-c3cc(NCCOCCOCCOCCNC(=O)NCCCCNC(=O)NCCOCCOCCOCCNc4cnnc(-c5cccc([C@@H]6CN(C)Cc7c(Cl)cc(Cl)cc76)c5)c4)cnn3)c2)C1. The lowest BCUT2D eigenvalue weighted by Crippen LogP contribution is -2.39. The maximum atomic E-state index is 12.1. The Hall–Kier alpha value is -5.98. The number of nitrogens with one attached hydrogen (secondary N) is 6. The van der Waals surface area contributed by atoms with Crippen molar-refractivity contribution in [2.75, 3.05) is 156 Å². The summed E-state index contributed by atoms with van der Waals surface area (Å²) in [5.41, 5.74) is 12.1. The van der Waals surface area contributed by atoms with Crippen molar-refractivity contribution in [3.05, 3.63) is 151 Å². The number of unbranched alkanes of at least 4 members (excludes halogenated alkanes) is 1. The van der Waals surface area contributed by atoms with Crippen molar-refractivity contribution in [1.82, 2.24) is 51.5 Å². The second-order valence-corrected chi connectivity index (χ2v) is 22.6. The minimum Gasteiger partial charge on any atom is -0.381 e. The fraction of sp³-hybridized carbons (Fsp3) is 0.452. The predicted molar refractivity (Wildman–Crippen MR) is 338 cm³/mol. The second-order valence-electron chi connectivity index (χ2n) is 20.9. The summed E-state index contributed by atoms with van der Waals surface area (Å²) in [5.74, 6) is 0.246. The molecule has 0 spiro atoms. The van der Waals surface area contributed by atoms with E-state index in [0.717, 1.165) is 93.4 Å². The molecule has 4 amide bonds. The lowest BCUT2D eigenvalue weighted by Gasteiger charge is -2.33. The van der Waals surface area contributed by atoms with E-state index in [4.69, 9.17) is 74.8 Å². The van der Waals surface area contributed by atoms with Crippen LogP contribution in [0.25, 0.3) is 22.5 Å². The molecule has 0 radical (unpaired) electrons. The largest absolute Gasteiger partial charge is 0.381 e. The molecule has 0 bridgehead atoms. The summed E-state index contributed by atoms with van der Waals surface area (Å²) in [6.45, 7) is 11.2. The zero-order chi connectivity index (χ0) is 60.3. The summed E-state index contributed by atoms with van der Waals surface area (Å²) >= 11 is 26.1. The first-order chi connectivity index (χ1) is 42.0. The van der Waals surface area contributed by atoms with Crippen LogP contribution in [0.3, 0.4) is 0 Å². The van der Waals surface area contributed by atoms with Gasteiger partial charge in [-0.2, -0.15) is 20.4 Å². The molecular weight excluding hydrogens is 1180 g/mol. The quantitative estimate of drug-likeness (QED) is 0.0204. The Bertz CT molecular complexity index is 2900.